The van der Waals surface area contributed by atoms with Crippen molar-refractivity contribution in [2.45, 2.75) is 31.6 Å². The van der Waals surface area contributed by atoms with Crippen molar-refractivity contribution in [1.29, 1.82) is 0 Å². The highest BCUT2D eigenvalue weighted by atomic mass is 79.9. The maximum atomic E-state index is 12.3. The Kier molecular flexibility index (Phi) is 7.65. The van der Waals surface area contributed by atoms with E-state index in [1.165, 1.54) is 6.07 Å². The second-order valence-electron chi connectivity index (χ2n) is 4.85. The maximum Gasteiger partial charge on any atom is 0.244 e. The molecule has 0 fully saturated rings. The van der Waals surface area contributed by atoms with Crippen LogP contribution in [0.1, 0.15) is 26.7 Å². The smallest absolute Gasteiger partial charge is 0.244 e. The minimum absolute atomic E-state index is 0.118. The largest absolute Gasteiger partial charge is 0.492 e. The summed E-state index contributed by atoms with van der Waals surface area (Å²) in [5.74, 6) is 0.524. The van der Waals surface area contributed by atoms with Crippen molar-refractivity contribution < 1.29 is 18.3 Å². The highest BCUT2D eigenvalue weighted by Crippen LogP contribution is 2.27. The molecule has 120 valence electrons. The van der Waals surface area contributed by atoms with E-state index in [1.54, 1.807) is 12.1 Å². The lowest BCUT2D eigenvalue weighted by molar-refractivity contribution is 0.228. The minimum Gasteiger partial charge on any atom is -0.492 e. The number of nitrogens with one attached hydrogen (secondary N) is 1. The number of sulfonamides is 1. The molecule has 1 unspecified atom stereocenters. The Morgan fingerprint density at radius 1 is 1.43 bits per heavy atom. The average Bonchev–Trinajstić information content (AvgIpc) is 2.45. The Labute approximate surface area is 134 Å². The molecule has 5 nitrogen and oxygen atoms in total. The average molecular weight is 380 g/mol. The van der Waals surface area contributed by atoms with Gasteiger partial charge in [-0.2, -0.15) is 0 Å². The molecular weight excluding hydrogens is 358 g/mol. The van der Waals surface area contributed by atoms with Gasteiger partial charge >= 0.3 is 0 Å². The van der Waals surface area contributed by atoms with Crippen LogP contribution in [0, 0.1) is 5.92 Å². The summed E-state index contributed by atoms with van der Waals surface area (Å²) >= 11 is 3.27. The molecule has 1 aromatic rings. The first-order valence-corrected chi connectivity index (χ1v) is 9.21. The molecule has 21 heavy (non-hydrogen) atoms. The predicted octanol–water partition coefficient (Wildman–Crippen LogP) is 2.53. The first-order valence-electron chi connectivity index (χ1n) is 6.93. The van der Waals surface area contributed by atoms with E-state index in [9.17, 15) is 8.42 Å². The molecule has 0 amide bonds. The highest BCUT2D eigenvalue weighted by molar-refractivity contribution is 9.10. The summed E-state index contributed by atoms with van der Waals surface area (Å²) in [6.07, 6.45) is 1.45. The van der Waals surface area contributed by atoms with Crippen molar-refractivity contribution in [2.75, 3.05) is 19.8 Å². The third-order valence-electron chi connectivity index (χ3n) is 2.97. The maximum absolute atomic E-state index is 12.3. The van der Waals surface area contributed by atoms with Gasteiger partial charge in [0, 0.05) is 17.6 Å². The van der Waals surface area contributed by atoms with Crippen molar-refractivity contribution in [3.63, 3.8) is 0 Å². The summed E-state index contributed by atoms with van der Waals surface area (Å²) in [4.78, 5) is 0.133. The van der Waals surface area contributed by atoms with Gasteiger partial charge in [-0.15, -0.1) is 0 Å². The molecule has 0 heterocycles. The summed E-state index contributed by atoms with van der Waals surface area (Å²) in [6.45, 7) is 4.59. The van der Waals surface area contributed by atoms with Crippen molar-refractivity contribution >= 4 is 26.0 Å². The first-order chi connectivity index (χ1) is 9.90. The Hall–Kier alpha value is -0.630. The van der Waals surface area contributed by atoms with E-state index in [0.29, 0.717) is 29.8 Å². The van der Waals surface area contributed by atoms with E-state index in [1.807, 2.05) is 13.8 Å². The Morgan fingerprint density at radius 2 is 2.14 bits per heavy atom. The van der Waals surface area contributed by atoms with Crippen molar-refractivity contribution in [1.82, 2.24) is 4.72 Å². The SMILES string of the molecule is CCOc1ccc(Br)cc1S(=O)(=O)NCCCC(C)CO. The van der Waals surface area contributed by atoms with Crippen molar-refractivity contribution in [3.05, 3.63) is 22.7 Å². The zero-order valence-electron chi connectivity index (χ0n) is 12.3. The van der Waals surface area contributed by atoms with Gasteiger partial charge < -0.3 is 9.84 Å². The molecule has 2 N–H and O–H groups in total. The quantitative estimate of drug-likeness (QED) is 0.646. The molecule has 0 spiro atoms. The molecule has 0 radical (unpaired) electrons. The predicted molar refractivity (Wildman–Crippen MR) is 86.0 cm³/mol. The highest BCUT2D eigenvalue weighted by Gasteiger charge is 2.19. The van der Waals surface area contributed by atoms with E-state index in [0.717, 1.165) is 6.42 Å². The van der Waals surface area contributed by atoms with Crippen LogP contribution in [0.2, 0.25) is 0 Å². The van der Waals surface area contributed by atoms with Gasteiger partial charge in [0.1, 0.15) is 10.6 Å². The van der Waals surface area contributed by atoms with Crippen LogP contribution in [-0.4, -0.2) is 33.3 Å². The van der Waals surface area contributed by atoms with Gasteiger partial charge in [-0.1, -0.05) is 22.9 Å². The topological polar surface area (TPSA) is 75.6 Å². The minimum atomic E-state index is -3.61. The Balaban J connectivity index is 2.75. The summed E-state index contributed by atoms with van der Waals surface area (Å²) in [6, 6.07) is 4.91. The van der Waals surface area contributed by atoms with Crippen LogP contribution in [-0.2, 0) is 10.0 Å². The molecule has 0 aromatic heterocycles. The van der Waals surface area contributed by atoms with Crippen LogP contribution in [0.4, 0.5) is 0 Å². The van der Waals surface area contributed by atoms with E-state index < -0.39 is 10.0 Å². The standard InChI is InChI=1S/C14H22BrNO4S/c1-3-20-13-7-6-12(15)9-14(13)21(18,19)16-8-4-5-11(2)10-17/h6-7,9,11,16-17H,3-5,8,10H2,1-2H3. The lowest BCUT2D eigenvalue weighted by Crippen LogP contribution is -2.25. The number of benzene rings is 1. The zero-order valence-corrected chi connectivity index (χ0v) is 14.7. The lowest BCUT2D eigenvalue weighted by Gasteiger charge is -2.13. The molecule has 0 aliphatic heterocycles. The van der Waals surface area contributed by atoms with Gasteiger partial charge in [-0.3, -0.25) is 0 Å². The van der Waals surface area contributed by atoms with Gasteiger partial charge in [-0.25, -0.2) is 13.1 Å². The fourth-order valence-corrected chi connectivity index (χ4v) is 3.55. The van der Waals surface area contributed by atoms with Crippen LogP contribution in [0.25, 0.3) is 0 Å². The van der Waals surface area contributed by atoms with Crippen LogP contribution < -0.4 is 9.46 Å². The summed E-state index contributed by atoms with van der Waals surface area (Å²) in [5, 5.41) is 8.94. The van der Waals surface area contributed by atoms with Gasteiger partial charge in [0.25, 0.3) is 0 Å². The molecule has 7 heteroatoms. The fourth-order valence-electron chi connectivity index (χ4n) is 1.79. The second kappa shape index (κ2) is 8.73. The number of ether oxygens (including phenoxy) is 1. The zero-order chi connectivity index (χ0) is 15.9. The molecule has 1 aromatic carbocycles. The number of hydrogen-bond donors (Lipinski definition) is 2. The lowest BCUT2D eigenvalue weighted by atomic mass is 10.1. The van der Waals surface area contributed by atoms with E-state index in [2.05, 4.69) is 20.7 Å². The molecule has 0 bridgehead atoms. The molecule has 0 saturated carbocycles. The van der Waals surface area contributed by atoms with Gasteiger partial charge in [0.05, 0.1) is 6.61 Å². The summed E-state index contributed by atoms with van der Waals surface area (Å²) < 4.78 is 33.3. The monoisotopic (exact) mass is 379 g/mol. The number of rotatable bonds is 9. The van der Waals surface area contributed by atoms with Gasteiger partial charge in [0.15, 0.2) is 0 Å². The summed E-state index contributed by atoms with van der Waals surface area (Å²) in [5.41, 5.74) is 0. The first kappa shape index (κ1) is 18.4. The van der Waals surface area contributed by atoms with E-state index >= 15 is 0 Å². The number of halogens is 1. The van der Waals surface area contributed by atoms with Crippen LogP contribution >= 0.6 is 15.9 Å². The van der Waals surface area contributed by atoms with Crippen LogP contribution in [0.15, 0.2) is 27.6 Å². The Bertz CT molecular complexity index is 548. The van der Waals surface area contributed by atoms with Gasteiger partial charge in [0.2, 0.25) is 10.0 Å². The van der Waals surface area contributed by atoms with Crippen LogP contribution in [0.3, 0.4) is 0 Å². The number of aliphatic hydroxyl groups is 1. The fraction of sp³-hybridized carbons (Fsp3) is 0.571. The number of aliphatic hydroxyl groups excluding tert-OH is 1. The van der Waals surface area contributed by atoms with Gasteiger partial charge in [-0.05, 0) is 43.9 Å². The van der Waals surface area contributed by atoms with E-state index in [-0.39, 0.29) is 17.4 Å². The molecule has 1 atom stereocenters. The van der Waals surface area contributed by atoms with Crippen LogP contribution in [0.5, 0.6) is 5.75 Å². The molecule has 1 rings (SSSR count). The normalized spacial score (nSPS) is 13.1. The van der Waals surface area contributed by atoms with Crippen molar-refractivity contribution in [3.8, 4) is 5.75 Å². The van der Waals surface area contributed by atoms with E-state index in [4.69, 9.17) is 9.84 Å². The molecule has 0 saturated heterocycles. The number of hydrogen-bond acceptors (Lipinski definition) is 4. The second-order valence-corrected chi connectivity index (χ2v) is 7.50. The third kappa shape index (κ3) is 5.94. The molecular formula is C14H22BrNO4S. The molecule has 0 aliphatic rings. The van der Waals surface area contributed by atoms with Crippen molar-refractivity contribution in [2.24, 2.45) is 5.92 Å². The molecule has 0 aliphatic carbocycles. The Morgan fingerprint density at radius 3 is 2.76 bits per heavy atom. The third-order valence-corrected chi connectivity index (χ3v) is 4.95. The summed E-state index contributed by atoms with van der Waals surface area (Å²) in [7, 11) is -3.61.